The molecule has 0 fully saturated rings. The summed E-state index contributed by atoms with van der Waals surface area (Å²) in [5, 5.41) is 12.6. The van der Waals surface area contributed by atoms with Gasteiger partial charge in [0.1, 0.15) is 19.0 Å². The molecule has 0 saturated carbocycles. The molecule has 0 amide bonds. The number of aliphatic hydroxyl groups excluding tert-OH is 1. The van der Waals surface area contributed by atoms with E-state index in [1.807, 2.05) is 19.9 Å². The summed E-state index contributed by atoms with van der Waals surface area (Å²) >= 11 is 0. The smallest absolute Gasteiger partial charge is 0.416 e. The normalized spacial score (nSPS) is 11.6. The number of aliphatic hydroxyl groups is 1. The Morgan fingerprint density at radius 1 is 0.640 bits per heavy atom. The maximum Gasteiger partial charge on any atom is 0.416 e. The van der Waals surface area contributed by atoms with Gasteiger partial charge in [-0.15, -0.1) is 0 Å². The van der Waals surface area contributed by atoms with Gasteiger partial charge in [0.2, 0.25) is 0 Å². The monoisotopic (exact) mass is 691 g/mol. The summed E-state index contributed by atoms with van der Waals surface area (Å²) in [6.07, 6.45) is -8.40. The molecule has 12 heteroatoms. The van der Waals surface area contributed by atoms with E-state index in [-0.39, 0.29) is 27.0 Å². The highest BCUT2D eigenvalue weighted by atomic mass is 19.4. The number of hydrogen-bond acceptors (Lipinski definition) is 4. The average molecular weight is 691 g/mol. The van der Waals surface area contributed by atoms with Crippen LogP contribution in [0, 0.1) is 0 Å². The summed E-state index contributed by atoms with van der Waals surface area (Å²) in [6.45, 7) is 3.98. The highest BCUT2D eigenvalue weighted by Crippen LogP contribution is 2.39. The van der Waals surface area contributed by atoms with Crippen molar-refractivity contribution in [1.29, 1.82) is 0 Å². The van der Waals surface area contributed by atoms with Gasteiger partial charge in [-0.05, 0) is 65.4 Å². The first-order chi connectivity index (χ1) is 23.3. The predicted molar refractivity (Wildman–Crippen MR) is 187 cm³/mol. The van der Waals surface area contributed by atoms with Gasteiger partial charge in [-0.25, -0.2) is 0 Å². The van der Waals surface area contributed by atoms with Crippen LogP contribution in [0.3, 0.4) is 0 Å². The second kappa shape index (κ2) is 14.8. The number of aromatic nitrogens is 1. The first-order valence-electron chi connectivity index (χ1n) is 15.3. The number of nitrogens with zero attached hydrogens (tertiary/aromatic N) is 1. The summed E-state index contributed by atoms with van der Waals surface area (Å²) in [5.41, 5.74) is 0.501. The van der Waals surface area contributed by atoms with Crippen molar-refractivity contribution in [2.45, 2.75) is 46.6 Å². The summed E-state index contributed by atoms with van der Waals surface area (Å²) < 4.78 is 81.8. The van der Waals surface area contributed by atoms with Gasteiger partial charge in [0.15, 0.2) is 0 Å². The van der Waals surface area contributed by atoms with Gasteiger partial charge in [0, 0.05) is 40.1 Å². The maximum absolute atomic E-state index is 13.1. The lowest BCUT2D eigenvalue weighted by molar-refractivity contribution is -0.138. The largest absolute Gasteiger partial charge is 0.456 e. The van der Waals surface area contributed by atoms with Crippen LogP contribution in [0.15, 0.2) is 105 Å². The fourth-order valence-electron chi connectivity index (χ4n) is 5.60. The second-order valence-corrected chi connectivity index (χ2v) is 10.9. The van der Waals surface area contributed by atoms with Gasteiger partial charge in [0.25, 0.3) is 11.1 Å². The molecule has 0 saturated heterocycles. The molecule has 7 rings (SSSR count). The van der Waals surface area contributed by atoms with Crippen molar-refractivity contribution in [3.8, 4) is 11.1 Å². The van der Waals surface area contributed by atoms with Gasteiger partial charge < -0.3 is 9.52 Å². The van der Waals surface area contributed by atoms with Crippen molar-refractivity contribution in [3.63, 3.8) is 0 Å². The zero-order valence-corrected chi connectivity index (χ0v) is 26.2. The van der Waals surface area contributed by atoms with Gasteiger partial charge >= 0.3 is 12.4 Å². The van der Waals surface area contributed by atoms with E-state index in [2.05, 4.69) is 0 Å². The third-order valence-electron chi connectivity index (χ3n) is 7.89. The van der Waals surface area contributed by atoms with Gasteiger partial charge in [-0.1, -0.05) is 75.3 Å². The lowest BCUT2D eigenvalue weighted by Crippen LogP contribution is -2.33. The molecular weight excluding hydrogens is 659 g/mol. The van der Waals surface area contributed by atoms with Crippen LogP contribution in [0.5, 0.6) is 0 Å². The second-order valence-electron chi connectivity index (χ2n) is 10.9. The molecule has 0 aliphatic rings. The highest BCUT2D eigenvalue weighted by Gasteiger charge is 2.30. The van der Waals surface area contributed by atoms with E-state index >= 15 is 0 Å². The van der Waals surface area contributed by atoms with Crippen LogP contribution >= 0.6 is 0 Å². The number of hydrogen-bond donors (Lipinski definition) is 1. The first kappa shape index (κ1) is 37.7. The van der Waals surface area contributed by atoms with Gasteiger partial charge in [0.05, 0.1) is 11.1 Å². The van der Waals surface area contributed by atoms with E-state index in [1.54, 1.807) is 36.4 Å². The first-order valence-corrected chi connectivity index (χ1v) is 15.3. The number of halogens is 6. The summed E-state index contributed by atoms with van der Waals surface area (Å²) in [7, 11) is 5.20. The van der Waals surface area contributed by atoms with Gasteiger partial charge in [-0.2, -0.15) is 26.3 Å². The van der Waals surface area contributed by atoms with E-state index in [0.717, 1.165) is 34.2 Å². The van der Waals surface area contributed by atoms with Crippen molar-refractivity contribution in [2.75, 3.05) is 6.61 Å². The van der Waals surface area contributed by atoms with E-state index in [1.165, 1.54) is 24.3 Å². The minimum absolute atomic E-state index is 0. The van der Waals surface area contributed by atoms with Crippen LogP contribution < -0.4 is 16.6 Å². The van der Waals surface area contributed by atoms with Crippen molar-refractivity contribution >= 4 is 56.8 Å². The molecule has 0 spiro atoms. The Hall–Kier alpha value is -5.10. The molecule has 0 aliphatic heterocycles. The third kappa shape index (κ3) is 7.26. The number of rotatable bonds is 4. The van der Waals surface area contributed by atoms with Crippen LogP contribution in [0.1, 0.15) is 38.8 Å². The number of pyridine rings is 1. The topological polar surface area (TPSA) is 72.4 Å². The molecule has 0 atom stereocenters. The summed E-state index contributed by atoms with van der Waals surface area (Å²) in [5.74, 6) is 0. The quantitative estimate of drug-likeness (QED) is 0.0866. The lowest BCUT2D eigenvalue weighted by atomic mass is 9.95. The average Bonchev–Trinajstić information content (AvgIpc) is 3.08. The molecule has 1 N–H and O–H groups in total. The molecule has 0 aliphatic carbocycles. The Bertz CT molecular complexity index is 2330. The fraction of sp³-hybridized carbons (Fsp3) is 0.211. The molecule has 2 radical (unpaired) electrons. The fourth-order valence-corrected chi connectivity index (χ4v) is 5.60. The molecule has 7 aromatic rings. The minimum Gasteiger partial charge on any atom is -0.456 e. The molecule has 5 aromatic carbocycles. The van der Waals surface area contributed by atoms with Crippen molar-refractivity contribution < 1.29 is 35.9 Å². The molecule has 0 unspecified atom stereocenters. The Morgan fingerprint density at radius 2 is 1.12 bits per heavy atom. The maximum atomic E-state index is 13.1. The Morgan fingerprint density at radius 3 is 1.66 bits per heavy atom. The van der Waals surface area contributed by atoms with Crippen molar-refractivity contribution in [2.24, 2.45) is 0 Å². The van der Waals surface area contributed by atoms with Crippen LogP contribution in [-0.4, -0.2) is 24.1 Å². The molecule has 0 bridgehead atoms. The van der Waals surface area contributed by atoms with Crippen LogP contribution in [0.2, 0.25) is 0 Å². The van der Waals surface area contributed by atoms with Gasteiger partial charge in [-0.3, -0.25) is 14.2 Å². The molecule has 258 valence electrons. The minimum atomic E-state index is -4.41. The van der Waals surface area contributed by atoms with E-state index in [0.29, 0.717) is 54.7 Å². The van der Waals surface area contributed by atoms with Crippen LogP contribution in [-0.2, 0) is 18.9 Å². The number of alkyl halides is 6. The van der Waals surface area contributed by atoms with E-state index in [4.69, 9.17) is 17.4 Å². The Labute approximate surface area is 284 Å². The van der Waals surface area contributed by atoms with E-state index in [9.17, 15) is 35.9 Å². The highest BCUT2D eigenvalue weighted by molar-refractivity contribution is 6.32. The zero-order chi connectivity index (χ0) is 35.7. The standard InChI is InChI=1S/C28H18F3NO4.C7H4BF3.C2H6.CH4/c29-28(30,31)17-5-2-15(3-6-17)16-4-10-22-21(14-16)18-7-8-19-24-20(9-11-23(36-22)25(18)24)27(35)32(26(19)34)12-1-13-33;8-6-3-1-5(2-4-6)7(9,10)11;1-2;/h2-11,14,33H,1,12-13H2;1-4H;1-2H3;1H4. The molecule has 2 heterocycles. The van der Waals surface area contributed by atoms with Crippen LogP contribution in [0.25, 0.3) is 54.6 Å². The summed E-state index contributed by atoms with van der Waals surface area (Å²) in [4.78, 5) is 26.3. The van der Waals surface area contributed by atoms with Crippen LogP contribution in [0.4, 0.5) is 26.3 Å². The molecule has 50 heavy (non-hydrogen) atoms. The van der Waals surface area contributed by atoms with E-state index < -0.39 is 34.6 Å². The number of fused-ring (bicyclic) bond motifs is 2. The number of benzene rings is 5. The Kier molecular flexibility index (Phi) is 11.2. The summed E-state index contributed by atoms with van der Waals surface area (Å²) in [6, 6.07) is 21.5. The SMILES string of the molecule is C.CC.O=c1c2ccc3oc4ccc(-c5ccc(C(F)(F)F)cc5)cc4c4ccc(c(=O)n1CCCO)c2c34.[B]c1ccc(C(F)(F)F)cc1. The molecule has 5 nitrogen and oxygen atoms in total. The zero-order valence-electron chi connectivity index (χ0n) is 26.2. The Balaban J connectivity index is 0.000000343. The predicted octanol–water partition coefficient (Wildman–Crippen LogP) is 9.08. The van der Waals surface area contributed by atoms with Crippen molar-refractivity contribution in [3.05, 3.63) is 123 Å². The lowest BCUT2D eigenvalue weighted by Gasteiger charge is -2.14. The van der Waals surface area contributed by atoms with Crippen molar-refractivity contribution in [1.82, 2.24) is 4.57 Å². The third-order valence-corrected chi connectivity index (χ3v) is 7.89. The molecule has 2 aromatic heterocycles. The molecular formula is C38H32BF6NO4.